The van der Waals surface area contributed by atoms with Crippen LogP contribution in [0.3, 0.4) is 0 Å². The molecule has 1 aromatic heterocycles. The number of fused-ring (bicyclic) bond motifs is 1. The third-order valence-corrected chi connectivity index (χ3v) is 5.93. The molecule has 0 radical (unpaired) electrons. The molecule has 0 atom stereocenters. The summed E-state index contributed by atoms with van der Waals surface area (Å²) in [6, 6.07) is 11.3. The summed E-state index contributed by atoms with van der Waals surface area (Å²) in [5, 5.41) is 0.312. The molecule has 170 valence electrons. The molecule has 9 heteroatoms. The van der Waals surface area contributed by atoms with Gasteiger partial charge in [0, 0.05) is 39.3 Å². The number of rotatable bonds is 7. The molecule has 3 aromatic rings. The van der Waals surface area contributed by atoms with Gasteiger partial charge < -0.3 is 24.1 Å². The van der Waals surface area contributed by atoms with Gasteiger partial charge in [0.25, 0.3) is 5.56 Å². The average molecular weight is 441 g/mol. The van der Waals surface area contributed by atoms with Crippen molar-refractivity contribution in [1.82, 2.24) is 14.5 Å². The number of aromatic nitrogens is 2. The lowest BCUT2D eigenvalue weighted by atomic mass is 10.2. The number of piperazine rings is 1. The summed E-state index contributed by atoms with van der Waals surface area (Å²) >= 11 is 0. The minimum atomic E-state index is -0.428. The predicted octanol–water partition coefficient (Wildman–Crippen LogP) is 1.54. The smallest absolute Gasteiger partial charge is 0.328 e. The number of methoxy groups -OCH3 is 3. The Morgan fingerprint density at radius 1 is 0.844 bits per heavy atom. The molecule has 1 N–H and O–H groups in total. The SMILES string of the molecule is COc1ccccc1N1CCN(CCn2c(=O)[nH]c3ccc(OC)c(OC)c3c2=O)CC1. The summed E-state index contributed by atoms with van der Waals surface area (Å²) in [6.07, 6.45) is 0. The first-order valence-electron chi connectivity index (χ1n) is 10.6. The van der Waals surface area contributed by atoms with Crippen molar-refractivity contribution in [2.75, 3.05) is 59.0 Å². The molecule has 0 bridgehead atoms. The summed E-state index contributed by atoms with van der Waals surface area (Å²) in [7, 11) is 4.67. The second-order valence-electron chi connectivity index (χ2n) is 7.61. The van der Waals surface area contributed by atoms with Crippen LogP contribution in [0.1, 0.15) is 0 Å². The third kappa shape index (κ3) is 4.03. The van der Waals surface area contributed by atoms with E-state index in [4.69, 9.17) is 14.2 Å². The number of hydrogen-bond acceptors (Lipinski definition) is 7. The summed E-state index contributed by atoms with van der Waals surface area (Å²) < 4.78 is 17.4. The Morgan fingerprint density at radius 2 is 1.56 bits per heavy atom. The van der Waals surface area contributed by atoms with Crippen molar-refractivity contribution in [3.63, 3.8) is 0 Å². The van der Waals surface area contributed by atoms with E-state index >= 15 is 0 Å². The van der Waals surface area contributed by atoms with Crippen LogP contribution in [0.25, 0.3) is 10.9 Å². The van der Waals surface area contributed by atoms with Crippen molar-refractivity contribution in [2.45, 2.75) is 6.54 Å². The van der Waals surface area contributed by atoms with Crippen molar-refractivity contribution in [3.05, 3.63) is 57.2 Å². The molecule has 0 saturated carbocycles. The Hall–Kier alpha value is -3.46. The molecule has 0 amide bonds. The van der Waals surface area contributed by atoms with Crippen LogP contribution >= 0.6 is 0 Å². The fourth-order valence-corrected chi connectivity index (χ4v) is 4.20. The second-order valence-corrected chi connectivity index (χ2v) is 7.61. The van der Waals surface area contributed by atoms with E-state index in [1.807, 2.05) is 18.2 Å². The second kappa shape index (κ2) is 9.35. The molecule has 1 aliphatic rings. The number of nitrogens with one attached hydrogen (secondary N) is 1. The van der Waals surface area contributed by atoms with Gasteiger partial charge in [-0.05, 0) is 24.3 Å². The number of anilines is 1. The third-order valence-electron chi connectivity index (χ3n) is 5.93. The summed E-state index contributed by atoms with van der Waals surface area (Å²) in [6.45, 7) is 4.23. The zero-order valence-corrected chi connectivity index (χ0v) is 18.6. The number of para-hydroxylation sites is 2. The number of hydrogen-bond donors (Lipinski definition) is 1. The monoisotopic (exact) mass is 440 g/mol. The number of nitrogens with zero attached hydrogens (tertiary/aromatic N) is 3. The first kappa shape index (κ1) is 21.8. The molecular weight excluding hydrogens is 412 g/mol. The fraction of sp³-hybridized carbons (Fsp3) is 0.391. The molecule has 0 spiro atoms. The summed E-state index contributed by atoms with van der Waals surface area (Å²) in [5.74, 6) is 1.63. The quantitative estimate of drug-likeness (QED) is 0.596. The maximum atomic E-state index is 13.1. The van der Waals surface area contributed by atoms with Gasteiger partial charge in [0.2, 0.25) is 0 Å². The number of aromatic amines is 1. The lowest BCUT2D eigenvalue weighted by Gasteiger charge is -2.36. The topological polar surface area (TPSA) is 89.0 Å². The largest absolute Gasteiger partial charge is 0.495 e. The van der Waals surface area contributed by atoms with E-state index in [0.717, 1.165) is 37.6 Å². The minimum Gasteiger partial charge on any atom is -0.495 e. The van der Waals surface area contributed by atoms with E-state index in [1.165, 1.54) is 18.8 Å². The molecule has 32 heavy (non-hydrogen) atoms. The summed E-state index contributed by atoms with van der Waals surface area (Å²) in [4.78, 5) is 33.1. The van der Waals surface area contributed by atoms with Crippen LogP contribution < -0.4 is 30.4 Å². The zero-order chi connectivity index (χ0) is 22.7. The van der Waals surface area contributed by atoms with Crippen LogP contribution in [-0.2, 0) is 6.54 Å². The standard InChI is InChI=1S/C23H28N4O5/c1-30-18-7-5-4-6-17(18)26-13-10-25(11-14-26)12-15-27-22(28)20-16(24-23(27)29)8-9-19(31-2)21(20)32-3/h4-9H,10-15H2,1-3H3,(H,24,29). The highest BCUT2D eigenvalue weighted by molar-refractivity contribution is 5.87. The number of benzene rings is 2. The lowest BCUT2D eigenvalue weighted by molar-refractivity contribution is 0.245. The Morgan fingerprint density at radius 3 is 2.25 bits per heavy atom. The van der Waals surface area contributed by atoms with Crippen molar-refractivity contribution < 1.29 is 14.2 Å². The van der Waals surface area contributed by atoms with Crippen LogP contribution in [0.4, 0.5) is 5.69 Å². The highest BCUT2D eigenvalue weighted by atomic mass is 16.5. The van der Waals surface area contributed by atoms with Gasteiger partial charge in [0.15, 0.2) is 11.5 Å². The highest BCUT2D eigenvalue weighted by Crippen LogP contribution is 2.32. The Kier molecular flexibility index (Phi) is 6.36. The molecule has 1 aliphatic heterocycles. The van der Waals surface area contributed by atoms with E-state index in [2.05, 4.69) is 20.9 Å². The van der Waals surface area contributed by atoms with Crippen molar-refractivity contribution in [2.24, 2.45) is 0 Å². The number of H-pyrrole nitrogens is 1. The Bertz CT molecular complexity index is 1210. The van der Waals surface area contributed by atoms with Gasteiger partial charge >= 0.3 is 5.69 Å². The van der Waals surface area contributed by atoms with Gasteiger partial charge in [-0.2, -0.15) is 0 Å². The van der Waals surface area contributed by atoms with Crippen molar-refractivity contribution >= 4 is 16.6 Å². The maximum absolute atomic E-state index is 13.1. The Labute approximate surface area is 185 Å². The first-order chi connectivity index (χ1) is 15.6. The predicted molar refractivity (Wildman–Crippen MR) is 124 cm³/mol. The van der Waals surface area contributed by atoms with Gasteiger partial charge in [0.05, 0.1) is 32.5 Å². The van der Waals surface area contributed by atoms with Crippen molar-refractivity contribution in [3.8, 4) is 17.2 Å². The lowest BCUT2D eigenvalue weighted by Crippen LogP contribution is -2.48. The van der Waals surface area contributed by atoms with Crippen LogP contribution in [0.15, 0.2) is 46.0 Å². The van der Waals surface area contributed by atoms with Gasteiger partial charge in [-0.1, -0.05) is 12.1 Å². The average Bonchev–Trinajstić information content (AvgIpc) is 2.83. The van der Waals surface area contributed by atoms with Crippen LogP contribution in [-0.4, -0.2) is 68.5 Å². The fourth-order valence-electron chi connectivity index (χ4n) is 4.20. The van der Waals surface area contributed by atoms with Gasteiger partial charge in [0.1, 0.15) is 11.1 Å². The van der Waals surface area contributed by atoms with Crippen LogP contribution in [0, 0.1) is 0 Å². The maximum Gasteiger partial charge on any atom is 0.328 e. The van der Waals surface area contributed by atoms with E-state index in [9.17, 15) is 9.59 Å². The molecule has 4 rings (SSSR count). The van der Waals surface area contributed by atoms with Crippen LogP contribution in [0.2, 0.25) is 0 Å². The molecule has 0 unspecified atom stereocenters. The van der Waals surface area contributed by atoms with E-state index < -0.39 is 5.69 Å². The van der Waals surface area contributed by atoms with Gasteiger partial charge in [-0.15, -0.1) is 0 Å². The van der Waals surface area contributed by atoms with Gasteiger partial charge in [-0.3, -0.25) is 14.3 Å². The molecule has 1 fully saturated rings. The highest BCUT2D eigenvalue weighted by Gasteiger charge is 2.21. The van der Waals surface area contributed by atoms with Crippen LogP contribution in [0.5, 0.6) is 17.2 Å². The Balaban J connectivity index is 1.49. The molecule has 9 nitrogen and oxygen atoms in total. The zero-order valence-electron chi connectivity index (χ0n) is 18.6. The normalized spacial score (nSPS) is 14.5. The number of ether oxygens (including phenoxy) is 3. The van der Waals surface area contributed by atoms with Gasteiger partial charge in [-0.25, -0.2) is 4.79 Å². The van der Waals surface area contributed by atoms with E-state index in [0.29, 0.717) is 35.5 Å². The van der Waals surface area contributed by atoms with E-state index in [-0.39, 0.29) is 5.56 Å². The first-order valence-corrected chi connectivity index (χ1v) is 10.6. The molecule has 1 saturated heterocycles. The molecule has 2 heterocycles. The molecule has 0 aliphatic carbocycles. The van der Waals surface area contributed by atoms with E-state index in [1.54, 1.807) is 19.2 Å². The summed E-state index contributed by atoms with van der Waals surface area (Å²) in [5.41, 5.74) is 0.701. The molecule has 2 aromatic carbocycles. The molecular formula is C23H28N4O5. The van der Waals surface area contributed by atoms with Crippen molar-refractivity contribution in [1.29, 1.82) is 0 Å². The minimum absolute atomic E-state index is 0.291.